The van der Waals surface area contributed by atoms with Crippen molar-refractivity contribution in [2.45, 2.75) is 32.7 Å². The van der Waals surface area contributed by atoms with Crippen molar-refractivity contribution < 1.29 is 14.0 Å². The highest BCUT2D eigenvalue weighted by Gasteiger charge is 2.22. The van der Waals surface area contributed by atoms with Gasteiger partial charge in [-0.25, -0.2) is 4.39 Å². The fourth-order valence-electron chi connectivity index (χ4n) is 3.67. The largest absolute Gasteiger partial charge is 0.356 e. The first-order chi connectivity index (χ1) is 15.5. The van der Waals surface area contributed by atoms with Crippen LogP contribution in [0.25, 0.3) is 0 Å². The van der Waals surface area contributed by atoms with E-state index in [1.54, 1.807) is 17.0 Å². The van der Waals surface area contributed by atoms with Crippen LogP contribution in [0.3, 0.4) is 0 Å². The maximum absolute atomic E-state index is 13.5. The number of hydrogen-bond donors (Lipinski definition) is 1. The van der Waals surface area contributed by atoms with Crippen molar-refractivity contribution in [1.29, 1.82) is 0 Å². The molecule has 0 spiro atoms. The van der Waals surface area contributed by atoms with Gasteiger partial charge in [-0.1, -0.05) is 42.5 Å². The molecule has 3 aromatic rings. The van der Waals surface area contributed by atoms with Crippen LogP contribution in [0.4, 0.5) is 10.1 Å². The Labute approximate surface area is 188 Å². The molecule has 5 heteroatoms. The standard InChI is InChI=1S/C27H27FN2O2/c1-19-5-2-3-8-25(19)27(32)30(18-21-11-13-23(28)14-12-21)24-7-4-6-22(15-24)16-26(31)29-17-20-9-10-20/h2-8,11-15,20H,9-10,16-18H2,1H3,(H,29,31). The van der Waals surface area contributed by atoms with Gasteiger partial charge in [0.15, 0.2) is 0 Å². The van der Waals surface area contributed by atoms with Gasteiger partial charge in [-0.2, -0.15) is 0 Å². The first-order valence-electron chi connectivity index (χ1n) is 11.0. The normalized spacial score (nSPS) is 12.9. The molecule has 0 aromatic heterocycles. The summed E-state index contributed by atoms with van der Waals surface area (Å²) in [5, 5.41) is 2.99. The number of nitrogens with one attached hydrogen (secondary N) is 1. The molecule has 0 aliphatic heterocycles. The van der Waals surface area contributed by atoms with Gasteiger partial charge < -0.3 is 10.2 Å². The van der Waals surface area contributed by atoms with Gasteiger partial charge in [0.25, 0.3) is 5.91 Å². The lowest BCUT2D eigenvalue weighted by atomic mass is 10.1. The van der Waals surface area contributed by atoms with Crippen molar-refractivity contribution in [3.63, 3.8) is 0 Å². The summed E-state index contributed by atoms with van der Waals surface area (Å²) in [6, 6.07) is 21.1. The van der Waals surface area contributed by atoms with Crippen LogP contribution in [0.1, 0.15) is 39.9 Å². The summed E-state index contributed by atoms with van der Waals surface area (Å²) < 4.78 is 13.4. The van der Waals surface area contributed by atoms with Crippen LogP contribution in [0, 0.1) is 18.7 Å². The Morgan fingerprint density at radius 1 is 0.969 bits per heavy atom. The average Bonchev–Trinajstić information content (AvgIpc) is 3.62. The van der Waals surface area contributed by atoms with Crippen molar-refractivity contribution in [2.24, 2.45) is 5.92 Å². The number of anilines is 1. The smallest absolute Gasteiger partial charge is 0.258 e. The molecular weight excluding hydrogens is 403 g/mol. The molecule has 0 unspecified atom stereocenters. The number of hydrogen-bond acceptors (Lipinski definition) is 2. The van der Waals surface area contributed by atoms with Crippen LogP contribution >= 0.6 is 0 Å². The second-order valence-electron chi connectivity index (χ2n) is 8.43. The number of carbonyl (C=O) groups excluding carboxylic acids is 2. The molecule has 0 heterocycles. The molecule has 0 atom stereocenters. The molecule has 1 saturated carbocycles. The maximum Gasteiger partial charge on any atom is 0.258 e. The van der Waals surface area contributed by atoms with E-state index in [4.69, 9.17) is 0 Å². The minimum Gasteiger partial charge on any atom is -0.356 e. The van der Waals surface area contributed by atoms with Crippen LogP contribution < -0.4 is 10.2 Å². The molecule has 3 aromatic carbocycles. The molecule has 1 aliphatic carbocycles. The van der Waals surface area contributed by atoms with Crippen LogP contribution in [0.2, 0.25) is 0 Å². The lowest BCUT2D eigenvalue weighted by Crippen LogP contribution is -2.31. The van der Waals surface area contributed by atoms with Gasteiger partial charge in [0.2, 0.25) is 5.91 Å². The van der Waals surface area contributed by atoms with Gasteiger partial charge in [-0.05, 0) is 72.7 Å². The number of halogens is 1. The summed E-state index contributed by atoms with van der Waals surface area (Å²) in [6.07, 6.45) is 2.65. The lowest BCUT2D eigenvalue weighted by Gasteiger charge is -2.24. The first-order valence-corrected chi connectivity index (χ1v) is 11.0. The van der Waals surface area contributed by atoms with Gasteiger partial charge in [0.1, 0.15) is 5.82 Å². The summed E-state index contributed by atoms with van der Waals surface area (Å²) in [5.74, 6) is 0.167. The van der Waals surface area contributed by atoms with Gasteiger partial charge >= 0.3 is 0 Å². The zero-order chi connectivity index (χ0) is 22.5. The number of carbonyl (C=O) groups is 2. The molecule has 164 valence electrons. The molecule has 4 rings (SSSR count). The highest BCUT2D eigenvalue weighted by molar-refractivity contribution is 6.07. The number of rotatable bonds is 8. The molecule has 4 nitrogen and oxygen atoms in total. The van der Waals surface area contributed by atoms with E-state index in [0.29, 0.717) is 23.7 Å². The molecule has 1 aliphatic rings. The monoisotopic (exact) mass is 430 g/mol. The maximum atomic E-state index is 13.5. The minimum absolute atomic E-state index is 0.00985. The van der Waals surface area contributed by atoms with E-state index in [9.17, 15) is 14.0 Å². The zero-order valence-electron chi connectivity index (χ0n) is 18.2. The Morgan fingerprint density at radius 3 is 2.44 bits per heavy atom. The Hall–Kier alpha value is -3.47. The third-order valence-electron chi connectivity index (χ3n) is 5.75. The van der Waals surface area contributed by atoms with Crippen LogP contribution in [-0.2, 0) is 17.8 Å². The van der Waals surface area contributed by atoms with E-state index < -0.39 is 0 Å². The van der Waals surface area contributed by atoms with Gasteiger partial charge in [0.05, 0.1) is 13.0 Å². The fraction of sp³-hybridized carbons (Fsp3) is 0.259. The third kappa shape index (κ3) is 5.61. The van der Waals surface area contributed by atoms with E-state index in [0.717, 1.165) is 23.2 Å². The molecule has 32 heavy (non-hydrogen) atoms. The predicted molar refractivity (Wildman–Crippen MR) is 124 cm³/mol. The molecule has 0 radical (unpaired) electrons. The SMILES string of the molecule is Cc1ccccc1C(=O)N(Cc1ccc(F)cc1)c1cccc(CC(=O)NCC2CC2)c1. The van der Waals surface area contributed by atoms with E-state index in [-0.39, 0.29) is 24.1 Å². The minimum atomic E-state index is -0.315. The van der Waals surface area contributed by atoms with Gasteiger partial charge in [-0.15, -0.1) is 0 Å². The average molecular weight is 431 g/mol. The van der Waals surface area contributed by atoms with Crippen molar-refractivity contribution in [2.75, 3.05) is 11.4 Å². The highest BCUT2D eigenvalue weighted by Crippen LogP contribution is 2.27. The van der Waals surface area contributed by atoms with Crippen molar-refractivity contribution in [3.8, 4) is 0 Å². The third-order valence-corrected chi connectivity index (χ3v) is 5.75. The van der Waals surface area contributed by atoms with E-state index >= 15 is 0 Å². The molecule has 1 fully saturated rings. The lowest BCUT2D eigenvalue weighted by molar-refractivity contribution is -0.120. The Bertz CT molecular complexity index is 1110. The number of benzene rings is 3. The molecule has 1 N–H and O–H groups in total. The second-order valence-corrected chi connectivity index (χ2v) is 8.43. The fourth-order valence-corrected chi connectivity index (χ4v) is 3.67. The second kappa shape index (κ2) is 9.77. The van der Waals surface area contributed by atoms with E-state index in [2.05, 4.69) is 5.32 Å². The first kappa shape index (κ1) is 21.8. The topological polar surface area (TPSA) is 49.4 Å². The van der Waals surface area contributed by atoms with Crippen LogP contribution in [0.5, 0.6) is 0 Å². The summed E-state index contributed by atoms with van der Waals surface area (Å²) in [6.45, 7) is 2.94. The predicted octanol–water partition coefficient (Wildman–Crippen LogP) is 5.05. The van der Waals surface area contributed by atoms with E-state index in [1.165, 1.54) is 25.0 Å². The Morgan fingerprint density at radius 2 is 1.72 bits per heavy atom. The summed E-state index contributed by atoms with van der Waals surface area (Å²) in [7, 11) is 0. The molecule has 2 amide bonds. The molecule has 0 saturated heterocycles. The van der Waals surface area contributed by atoms with E-state index in [1.807, 2.05) is 55.5 Å². The summed E-state index contributed by atoms with van der Waals surface area (Å²) in [4.78, 5) is 27.5. The summed E-state index contributed by atoms with van der Waals surface area (Å²) >= 11 is 0. The van der Waals surface area contributed by atoms with Crippen molar-refractivity contribution in [1.82, 2.24) is 5.32 Å². The number of nitrogens with zero attached hydrogens (tertiary/aromatic N) is 1. The Balaban J connectivity index is 1.59. The van der Waals surface area contributed by atoms with Crippen LogP contribution in [-0.4, -0.2) is 18.4 Å². The van der Waals surface area contributed by atoms with Crippen LogP contribution in [0.15, 0.2) is 72.8 Å². The van der Waals surface area contributed by atoms with Gasteiger partial charge in [-0.3, -0.25) is 9.59 Å². The highest BCUT2D eigenvalue weighted by atomic mass is 19.1. The van der Waals surface area contributed by atoms with Gasteiger partial charge in [0, 0.05) is 17.8 Å². The molecule has 0 bridgehead atoms. The Kier molecular flexibility index (Phi) is 6.64. The number of aryl methyl sites for hydroxylation is 1. The summed E-state index contributed by atoms with van der Waals surface area (Å²) in [5.41, 5.74) is 3.87. The van der Waals surface area contributed by atoms with Crippen molar-refractivity contribution in [3.05, 3.63) is 101 Å². The zero-order valence-corrected chi connectivity index (χ0v) is 18.2. The molecular formula is C27H27FN2O2. The number of amides is 2. The quantitative estimate of drug-likeness (QED) is 0.544. The van der Waals surface area contributed by atoms with Crippen molar-refractivity contribution >= 4 is 17.5 Å².